The van der Waals surface area contributed by atoms with E-state index in [4.69, 9.17) is 0 Å². The Labute approximate surface area is 223 Å². The molecule has 0 saturated carbocycles. The summed E-state index contributed by atoms with van der Waals surface area (Å²) in [6.07, 6.45) is 43.0. The zero-order valence-corrected chi connectivity index (χ0v) is 23.5. The first-order chi connectivity index (χ1) is 17.4. The predicted octanol–water partition coefficient (Wildman–Crippen LogP) is 10.6. The van der Waals surface area contributed by atoms with E-state index in [1.54, 1.807) is 11.8 Å². The van der Waals surface area contributed by atoms with E-state index in [9.17, 15) is 0 Å². The normalized spacial score (nSPS) is 11.9. The molecule has 0 bridgehead atoms. The topological polar surface area (TPSA) is 0 Å². The Balaban J connectivity index is 3.55. The minimum Gasteiger partial charge on any atom is -0.136 e. The molecule has 0 spiro atoms. The fourth-order valence-electron chi connectivity index (χ4n) is 3.03. The second kappa shape index (κ2) is 31.9. The Morgan fingerprint density at radius 2 is 0.800 bits per heavy atom. The molecule has 0 aromatic rings. The van der Waals surface area contributed by atoms with Gasteiger partial charge in [0.2, 0.25) is 0 Å². The van der Waals surface area contributed by atoms with Crippen LogP contribution in [0.5, 0.6) is 0 Å². The van der Waals surface area contributed by atoms with Crippen LogP contribution in [0, 0.1) is 23.7 Å². The minimum atomic E-state index is 0.839. The standard InChI is InChI=1S/C34H50S/c1-3-5-7-9-11-13-15-17-19-21-23-25-27-29-31-33-35-34-32-30-28-26-24-22-20-18-16-14-12-10-8-6-4-2/h11-14,17-20,23-26H,3-10,15-16,21-22,27-28,33-34H2,1-2H3/b13-11-,14-12-,19-17-,20-18-,25-23-,26-24-. The summed E-state index contributed by atoms with van der Waals surface area (Å²) < 4.78 is 0. The van der Waals surface area contributed by atoms with E-state index in [2.05, 4.69) is 110 Å². The number of allylic oxidation sites excluding steroid dienone is 12. The lowest BCUT2D eigenvalue weighted by Gasteiger charge is -1.90. The molecule has 1 heteroatoms. The molecule has 0 rings (SSSR count). The van der Waals surface area contributed by atoms with Crippen LogP contribution in [0.25, 0.3) is 0 Å². The molecule has 0 aliphatic rings. The molecule has 35 heavy (non-hydrogen) atoms. The molecule has 0 amide bonds. The number of unbranched alkanes of at least 4 members (excludes halogenated alkanes) is 6. The van der Waals surface area contributed by atoms with Gasteiger partial charge in [0.05, 0.1) is 11.5 Å². The molecule has 0 fully saturated rings. The van der Waals surface area contributed by atoms with E-state index in [0.717, 1.165) is 50.0 Å². The number of hydrogen-bond acceptors (Lipinski definition) is 1. The van der Waals surface area contributed by atoms with Gasteiger partial charge in [0.25, 0.3) is 0 Å². The zero-order valence-electron chi connectivity index (χ0n) is 22.7. The molecule has 0 aliphatic carbocycles. The molecule has 0 unspecified atom stereocenters. The van der Waals surface area contributed by atoms with Crippen LogP contribution in [-0.4, -0.2) is 11.5 Å². The summed E-state index contributed by atoms with van der Waals surface area (Å²) in [7, 11) is 0. The van der Waals surface area contributed by atoms with Gasteiger partial charge >= 0.3 is 0 Å². The van der Waals surface area contributed by atoms with E-state index < -0.39 is 0 Å². The largest absolute Gasteiger partial charge is 0.136 e. The van der Waals surface area contributed by atoms with Crippen LogP contribution in [0.4, 0.5) is 0 Å². The lowest BCUT2D eigenvalue weighted by molar-refractivity contribution is 0.728. The van der Waals surface area contributed by atoms with Crippen LogP contribution in [-0.2, 0) is 0 Å². The first kappa shape index (κ1) is 32.9. The SMILES string of the molecule is CCCCC/C=C\C/C=C\C/C=C\CC#CCSCC#CC/C=C\C/C=C\C/C=C\CCCCC. The predicted molar refractivity (Wildman–Crippen MR) is 164 cm³/mol. The number of thioether (sulfide) groups is 1. The molecular formula is C34H50S. The van der Waals surface area contributed by atoms with Gasteiger partial charge in [-0.1, -0.05) is 136 Å². The molecule has 0 atom stereocenters. The summed E-state index contributed by atoms with van der Waals surface area (Å²) >= 11 is 1.79. The van der Waals surface area contributed by atoms with Crippen LogP contribution in [0.1, 0.15) is 104 Å². The van der Waals surface area contributed by atoms with Crippen LogP contribution in [0.15, 0.2) is 72.9 Å². The van der Waals surface area contributed by atoms with Crippen LogP contribution >= 0.6 is 11.8 Å². The summed E-state index contributed by atoms with van der Waals surface area (Å²) in [6, 6.07) is 0. The van der Waals surface area contributed by atoms with Gasteiger partial charge < -0.3 is 0 Å². The average Bonchev–Trinajstić information content (AvgIpc) is 2.87. The number of hydrogen-bond donors (Lipinski definition) is 0. The van der Waals surface area contributed by atoms with E-state index in [1.165, 1.54) is 51.4 Å². The first-order valence-electron chi connectivity index (χ1n) is 13.8. The fourth-order valence-corrected chi connectivity index (χ4v) is 3.54. The Morgan fingerprint density at radius 1 is 0.429 bits per heavy atom. The van der Waals surface area contributed by atoms with Gasteiger partial charge in [-0.15, -0.1) is 11.8 Å². The van der Waals surface area contributed by atoms with Crippen LogP contribution in [0.3, 0.4) is 0 Å². The third kappa shape index (κ3) is 31.9. The summed E-state index contributed by atoms with van der Waals surface area (Å²) in [5.74, 6) is 14.6. The maximum Gasteiger partial charge on any atom is 0.0557 e. The van der Waals surface area contributed by atoms with Crippen molar-refractivity contribution in [1.82, 2.24) is 0 Å². The maximum absolute atomic E-state index is 3.22. The van der Waals surface area contributed by atoms with E-state index >= 15 is 0 Å². The zero-order chi connectivity index (χ0) is 25.3. The molecule has 0 aliphatic heterocycles. The highest BCUT2D eigenvalue weighted by Gasteiger charge is 1.82. The molecule has 192 valence electrons. The smallest absolute Gasteiger partial charge is 0.0557 e. The van der Waals surface area contributed by atoms with Gasteiger partial charge in [-0.05, 0) is 51.4 Å². The quantitative estimate of drug-likeness (QED) is 0.0928. The summed E-state index contributed by atoms with van der Waals surface area (Å²) in [4.78, 5) is 0. The molecule has 0 aromatic carbocycles. The second-order valence-electron chi connectivity index (χ2n) is 8.37. The van der Waals surface area contributed by atoms with Crippen molar-refractivity contribution in [3.05, 3.63) is 72.9 Å². The highest BCUT2D eigenvalue weighted by atomic mass is 32.2. The monoisotopic (exact) mass is 490 g/mol. The maximum atomic E-state index is 3.22. The van der Waals surface area contributed by atoms with E-state index in [1.807, 2.05) is 0 Å². The molecule has 0 heterocycles. The van der Waals surface area contributed by atoms with Crippen molar-refractivity contribution >= 4 is 11.8 Å². The molecule has 0 radical (unpaired) electrons. The van der Waals surface area contributed by atoms with Gasteiger partial charge in [-0.25, -0.2) is 0 Å². The van der Waals surface area contributed by atoms with Gasteiger partial charge in [0.1, 0.15) is 0 Å². The van der Waals surface area contributed by atoms with Crippen molar-refractivity contribution in [1.29, 1.82) is 0 Å². The van der Waals surface area contributed by atoms with Crippen LogP contribution in [0.2, 0.25) is 0 Å². The second-order valence-corrected chi connectivity index (χ2v) is 9.36. The Morgan fingerprint density at radius 3 is 1.20 bits per heavy atom. The van der Waals surface area contributed by atoms with Crippen molar-refractivity contribution in [3.8, 4) is 23.7 Å². The first-order valence-corrected chi connectivity index (χ1v) is 15.0. The molecule has 0 aromatic heterocycles. The van der Waals surface area contributed by atoms with Crippen LogP contribution < -0.4 is 0 Å². The van der Waals surface area contributed by atoms with E-state index in [-0.39, 0.29) is 0 Å². The Bertz CT molecular complexity index is 673. The van der Waals surface area contributed by atoms with Crippen molar-refractivity contribution in [2.45, 2.75) is 104 Å². The van der Waals surface area contributed by atoms with Crippen molar-refractivity contribution < 1.29 is 0 Å². The van der Waals surface area contributed by atoms with Gasteiger partial charge in [-0.2, -0.15) is 0 Å². The summed E-state index contributed by atoms with van der Waals surface area (Å²) in [5.41, 5.74) is 0. The van der Waals surface area contributed by atoms with Gasteiger partial charge in [0.15, 0.2) is 0 Å². The summed E-state index contributed by atoms with van der Waals surface area (Å²) in [5, 5.41) is 0. The third-order valence-corrected chi connectivity index (χ3v) is 5.77. The number of rotatable bonds is 20. The van der Waals surface area contributed by atoms with Gasteiger partial charge in [-0.3, -0.25) is 0 Å². The van der Waals surface area contributed by atoms with E-state index in [0.29, 0.717) is 0 Å². The Hall–Kier alpha value is -2.09. The van der Waals surface area contributed by atoms with Crippen molar-refractivity contribution in [2.24, 2.45) is 0 Å². The minimum absolute atomic E-state index is 0.839. The summed E-state index contributed by atoms with van der Waals surface area (Å²) in [6.45, 7) is 4.50. The Kier molecular flexibility index (Phi) is 30.0. The third-order valence-electron chi connectivity index (χ3n) is 5.08. The van der Waals surface area contributed by atoms with Crippen molar-refractivity contribution in [2.75, 3.05) is 11.5 Å². The average molecular weight is 491 g/mol. The highest BCUT2D eigenvalue weighted by Crippen LogP contribution is 2.02. The lowest BCUT2D eigenvalue weighted by atomic mass is 10.2. The fraction of sp³-hybridized carbons (Fsp3) is 0.529. The molecule has 0 saturated heterocycles. The molecular weight excluding hydrogens is 440 g/mol. The highest BCUT2D eigenvalue weighted by molar-refractivity contribution is 7.99. The van der Waals surface area contributed by atoms with Crippen molar-refractivity contribution in [3.63, 3.8) is 0 Å². The molecule has 0 N–H and O–H groups in total. The lowest BCUT2D eigenvalue weighted by Crippen LogP contribution is -1.75. The van der Waals surface area contributed by atoms with Gasteiger partial charge in [0, 0.05) is 12.8 Å². The molecule has 0 nitrogen and oxygen atoms in total.